The molecule has 0 amide bonds. The summed E-state index contributed by atoms with van der Waals surface area (Å²) in [4.78, 5) is 13.2. The van der Waals surface area contributed by atoms with Crippen LogP contribution in [-0.4, -0.2) is 9.51 Å². The Morgan fingerprint density at radius 3 is 2.21 bits per heavy atom. The van der Waals surface area contributed by atoms with Gasteiger partial charge >= 0.3 is 0 Å². The molecule has 5 rings (SSSR count). The monoisotopic (exact) mass is 311 g/mol. The van der Waals surface area contributed by atoms with Gasteiger partial charge in [0, 0.05) is 16.2 Å². The van der Waals surface area contributed by atoms with E-state index in [9.17, 15) is 9.90 Å². The molecule has 3 nitrogen and oxygen atoms in total. The van der Waals surface area contributed by atoms with E-state index in [1.165, 1.54) is 0 Å². The lowest BCUT2D eigenvalue weighted by Gasteiger charge is -2.09. The Morgan fingerprint density at radius 2 is 1.38 bits per heavy atom. The molecule has 24 heavy (non-hydrogen) atoms. The molecule has 0 fully saturated rings. The van der Waals surface area contributed by atoms with Gasteiger partial charge < -0.3 is 5.11 Å². The molecule has 0 saturated heterocycles. The molecule has 0 aliphatic rings. The van der Waals surface area contributed by atoms with E-state index in [-0.39, 0.29) is 11.3 Å². The second-order valence-corrected chi connectivity index (χ2v) is 5.95. The minimum atomic E-state index is -0.191. The van der Waals surface area contributed by atoms with Crippen molar-refractivity contribution in [3.63, 3.8) is 0 Å². The van der Waals surface area contributed by atoms with Crippen molar-refractivity contribution in [1.82, 2.24) is 4.40 Å². The number of hydrogen-bond donors (Lipinski definition) is 1. The highest BCUT2D eigenvalue weighted by Crippen LogP contribution is 2.38. The zero-order chi connectivity index (χ0) is 16.3. The molecule has 0 saturated carbocycles. The molecule has 0 bridgehead atoms. The summed E-state index contributed by atoms with van der Waals surface area (Å²) in [6.45, 7) is 0. The molecular weight excluding hydrogens is 298 g/mol. The molecule has 2 aromatic heterocycles. The van der Waals surface area contributed by atoms with Gasteiger partial charge in [-0.2, -0.15) is 0 Å². The highest BCUT2D eigenvalue weighted by atomic mass is 16.3. The fourth-order valence-corrected chi connectivity index (χ4v) is 3.63. The maximum Gasteiger partial charge on any atom is 0.267 e. The van der Waals surface area contributed by atoms with E-state index in [0.29, 0.717) is 10.9 Å². The average molecular weight is 311 g/mol. The standard InChI is InChI=1S/C21H13NO2/c23-20-16-11-6-10-15-14-9-4-5-12-17(14)22(19(15)16)21(24)18(20)13-7-2-1-3-8-13/h1-12,23H. The Kier molecular flexibility index (Phi) is 2.51. The molecule has 114 valence electrons. The second-order valence-electron chi connectivity index (χ2n) is 5.95. The molecule has 0 unspecified atom stereocenters. The first-order valence-corrected chi connectivity index (χ1v) is 7.83. The van der Waals surface area contributed by atoms with E-state index < -0.39 is 0 Å². The van der Waals surface area contributed by atoms with Gasteiger partial charge in [0.25, 0.3) is 5.56 Å². The van der Waals surface area contributed by atoms with Crippen molar-refractivity contribution >= 4 is 27.2 Å². The number of nitrogens with zero attached hydrogens (tertiary/aromatic N) is 1. The zero-order valence-electron chi connectivity index (χ0n) is 12.7. The number of benzene rings is 3. The van der Waals surface area contributed by atoms with Crippen LogP contribution in [0, 0.1) is 0 Å². The molecule has 0 atom stereocenters. The van der Waals surface area contributed by atoms with Gasteiger partial charge in [-0.15, -0.1) is 0 Å². The van der Waals surface area contributed by atoms with Gasteiger partial charge in [-0.1, -0.05) is 60.7 Å². The van der Waals surface area contributed by atoms with Gasteiger partial charge in [0.1, 0.15) is 5.75 Å². The molecule has 0 aliphatic carbocycles. The molecule has 1 N–H and O–H groups in total. The maximum absolute atomic E-state index is 13.2. The summed E-state index contributed by atoms with van der Waals surface area (Å²) in [5.74, 6) is 0.0482. The van der Waals surface area contributed by atoms with Crippen LogP contribution in [0.4, 0.5) is 0 Å². The van der Waals surface area contributed by atoms with Gasteiger partial charge in [0.05, 0.1) is 16.6 Å². The van der Waals surface area contributed by atoms with Crippen molar-refractivity contribution < 1.29 is 5.11 Å². The van der Waals surface area contributed by atoms with Crippen molar-refractivity contribution in [2.24, 2.45) is 0 Å². The lowest BCUT2D eigenvalue weighted by Crippen LogP contribution is -2.15. The first-order chi connectivity index (χ1) is 11.8. The minimum absolute atomic E-state index is 0.0482. The van der Waals surface area contributed by atoms with Crippen molar-refractivity contribution in [3.8, 4) is 16.9 Å². The number of hydrogen-bond acceptors (Lipinski definition) is 2. The highest BCUT2D eigenvalue weighted by Gasteiger charge is 2.20. The summed E-state index contributed by atoms with van der Waals surface area (Å²) in [7, 11) is 0. The number of pyridine rings is 1. The number of aromatic nitrogens is 1. The van der Waals surface area contributed by atoms with Crippen molar-refractivity contribution in [2.45, 2.75) is 0 Å². The smallest absolute Gasteiger partial charge is 0.267 e. The third kappa shape index (κ3) is 1.53. The largest absolute Gasteiger partial charge is 0.506 e. The van der Waals surface area contributed by atoms with Crippen LogP contribution in [0.25, 0.3) is 38.3 Å². The number of rotatable bonds is 1. The molecule has 3 heteroatoms. The molecule has 0 radical (unpaired) electrons. The van der Waals surface area contributed by atoms with Crippen molar-refractivity contribution in [3.05, 3.63) is 83.2 Å². The van der Waals surface area contributed by atoms with Gasteiger partial charge in [0.2, 0.25) is 0 Å². The normalized spacial score (nSPS) is 11.7. The number of aromatic hydroxyl groups is 1. The van der Waals surface area contributed by atoms with E-state index in [1.807, 2.05) is 72.8 Å². The Balaban J connectivity index is 2.12. The molecule has 2 heterocycles. The first-order valence-electron chi connectivity index (χ1n) is 7.83. The summed E-state index contributed by atoms with van der Waals surface area (Å²) < 4.78 is 1.72. The maximum atomic E-state index is 13.2. The van der Waals surface area contributed by atoms with Crippen LogP contribution >= 0.6 is 0 Å². The predicted octanol–water partition coefficient (Wildman–Crippen LogP) is 4.42. The summed E-state index contributed by atoms with van der Waals surface area (Å²) in [5, 5.41) is 13.5. The summed E-state index contributed by atoms with van der Waals surface area (Å²) in [6, 6.07) is 22.9. The second kappa shape index (κ2) is 4.59. The fourth-order valence-electron chi connectivity index (χ4n) is 3.63. The van der Waals surface area contributed by atoms with Gasteiger partial charge in [-0.25, -0.2) is 0 Å². The Hall–Kier alpha value is -3.33. The number of para-hydroxylation sites is 2. The quantitative estimate of drug-likeness (QED) is 0.498. The fraction of sp³-hybridized carbons (Fsp3) is 0. The van der Waals surface area contributed by atoms with E-state index in [2.05, 4.69) is 0 Å². The van der Waals surface area contributed by atoms with Crippen molar-refractivity contribution in [2.75, 3.05) is 0 Å². The molecule has 0 spiro atoms. The van der Waals surface area contributed by atoms with E-state index in [4.69, 9.17) is 0 Å². The van der Waals surface area contributed by atoms with Crippen LogP contribution in [-0.2, 0) is 0 Å². The van der Waals surface area contributed by atoms with Crippen LogP contribution in [0.3, 0.4) is 0 Å². The van der Waals surface area contributed by atoms with Crippen LogP contribution in [0.2, 0.25) is 0 Å². The Morgan fingerprint density at radius 1 is 0.708 bits per heavy atom. The van der Waals surface area contributed by atoms with Crippen LogP contribution in [0.1, 0.15) is 0 Å². The van der Waals surface area contributed by atoms with Crippen molar-refractivity contribution in [1.29, 1.82) is 0 Å². The van der Waals surface area contributed by atoms with Crippen LogP contribution < -0.4 is 5.56 Å². The van der Waals surface area contributed by atoms with Crippen LogP contribution in [0.5, 0.6) is 5.75 Å². The topological polar surface area (TPSA) is 41.7 Å². The third-order valence-electron chi connectivity index (χ3n) is 4.67. The van der Waals surface area contributed by atoms with Crippen LogP contribution in [0.15, 0.2) is 77.6 Å². The summed E-state index contributed by atoms with van der Waals surface area (Å²) >= 11 is 0. The van der Waals surface area contributed by atoms with Gasteiger partial charge in [-0.05, 0) is 17.7 Å². The first kappa shape index (κ1) is 13.1. The van der Waals surface area contributed by atoms with E-state index in [1.54, 1.807) is 4.40 Å². The lowest BCUT2D eigenvalue weighted by molar-refractivity contribution is 0.482. The van der Waals surface area contributed by atoms with E-state index in [0.717, 1.165) is 27.4 Å². The molecular formula is C21H13NO2. The van der Waals surface area contributed by atoms with Gasteiger partial charge in [0.15, 0.2) is 0 Å². The number of fused-ring (bicyclic) bond motifs is 3. The van der Waals surface area contributed by atoms with E-state index >= 15 is 0 Å². The van der Waals surface area contributed by atoms with Gasteiger partial charge in [-0.3, -0.25) is 9.20 Å². The molecule has 5 aromatic rings. The summed E-state index contributed by atoms with van der Waals surface area (Å²) in [5.41, 5.74) is 2.52. The third-order valence-corrected chi connectivity index (χ3v) is 4.67. The lowest BCUT2D eigenvalue weighted by atomic mass is 10.0. The average Bonchev–Trinajstić information content (AvgIpc) is 2.96. The molecule has 3 aromatic carbocycles. The highest BCUT2D eigenvalue weighted by molar-refractivity contribution is 6.15. The Bertz CT molecular complexity index is 1270. The molecule has 0 aliphatic heterocycles. The Labute approximate surface area is 137 Å². The minimum Gasteiger partial charge on any atom is -0.506 e. The SMILES string of the molecule is O=c1c(-c2ccccc2)c(O)c2cccc3c4ccccc4n1c23. The summed E-state index contributed by atoms with van der Waals surface area (Å²) in [6.07, 6.45) is 0. The zero-order valence-corrected chi connectivity index (χ0v) is 12.7. The predicted molar refractivity (Wildman–Crippen MR) is 97.0 cm³/mol.